The number of anilines is 1. The van der Waals surface area contributed by atoms with Crippen LogP contribution in [-0.2, 0) is 9.53 Å². The highest BCUT2D eigenvalue weighted by molar-refractivity contribution is 5.76. The first kappa shape index (κ1) is 10.7. The van der Waals surface area contributed by atoms with E-state index in [1.807, 2.05) is 17.0 Å². The highest BCUT2D eigenvalue weighted by Gasteiger charge is 2.34. The third-order valence-corrected chi connectivity index (χ3v) is 2.70. The largest absolute Gasteiger partial charge is 0.495 e. The van der Waals surface area contributed by atoms with Crippen LogP contribution in [0.4, 0.5) is 5.82 Å². The van der Waals surface area contributed by atoms with Crippen molar-refractivity contribution in [3.63, 3.8) is 0 Å². The summed E-state index contributed by atoms with van der Waals surface area (Å²) in [5.74, 6) is 1.42. The molecular weight excluding hydrogens is 208 g/mol. The van der Waals surface area contributed by atoms with Gasteiger partial charge in [0.05, 0.1) is 26.3 Å². The molecule has 0 N–H and O–H groups in total. The minimum absolute atomic E-state index is 0.0195. The highest BCUT2D eigenvalue weighted by atomic mass is 16.5. The normalized spacial score (nSPS) is 15.5. The van der Waals surface area contributed by atoms with Crippen LogP contribution in [0, 0.1) is 5.92 Å². The number of aromatic nitrogens is 1. The number of hydrogen-bond donors (Lipinski definition) is 0. The average Bonchev–Trinajstić information content (AvgIpc) is 2.27. The topological polar surface area (TPSA) is 51.7 Å². The highest BCUT2D eigenvalue weighted by Crippen LogP contribution is 2.24. The van der Waals surface area contributed by atoms with E-state index in [9.17, 15) is 4.79 Å². The first-order valence-electron chi connectivity index (χ1n) is 5.07. The first-order valence-corrected chi connectivity index (χ1v) is 5.07. The zero-order chi connectivity index (χ0) is 11.5. The van der Waals surface area contributed by atoms with Gasteiger partial charge >= 0.3 is 5.97 Å². The fourth-order valence-corrected chi connectivity index (χ4v) is 1.66. The summed E-state index contributed by atoms with van der Waals surface area (Å²) >= 11 is 0. The second-order valence-corrected chi connectivity index (χ2v) is 3.68. The summed E-state index contributed by atoms with van der Waals surface area (Å²) in [4.78, 5) is 17.5. The van der Waals surface area contributed by atoms with Gasteiger partial charge in [-0.3, -0.25) is 4.79 Å². The molecule has 1 saturated heterocycles. The lowest BCUT2D eigenvalue weighted by atomic mass is 10.0. The maximum absolute atomic E-state index is 11.2. The molecule has 16 heavy (non-hydrogen) atoms. The number of pyridine rings is 1. The Hall–Kier alpha value is -1.78. The van der Waals surface area contributed by atoms with Crippen LogP contribution in [0.15, 0.2) is 18.3 Å². The summed E-state index contributed by atoms with van der Waals surface area (Å²) in [5, 5.41) is 0. The molecule has 0 bridgehead atoms. The van der Waals surface area contributed by atoms with Gasteiger partial charge in [0, 0.05) is 13.1 Å². The molecule has 0 atom stereocenters. The van der Waals surface area contributed by atoms with Crippen molar-refractivity contribution in [1.82, 2.24) is 4.98 Å². The van der Waals surface area contributed by atoms with Crippen molar-refractivity contribution < 1.29 is 14.3 Å². The van der Waals surface area contributed by atoms with Crippen molar-refractivity contribution in [3.8, 4) is 5.75 Å². The zero-order valence-corrected chi connectivity index (χ0v) is 9.34. The van der Waals surface area contributed by atoms with Gasteiger partial charge in [0.2, 0.25) is 0 Å². The van der Waals surface area contributed by atoms with E-state index in [-0.39, 0.29) is 11.9 Å². The number of hydrogen-bond acceptors (Lipinski definition) is 5. The van der Waals surface area contributed by atoms with Crippen molar-refractivity contribution in [1.29, 1.82) is 0 Å². The third-order valence-electron chi connectivity index (χ3n) is 2.70. The first-order chi connectivity index (χ1) is 7.74. The Bertz CT molecular complexity index is 371. The Labute approximate surface area is 94.0 Å². The van der Waals surface area contributed by atoms with Crippen molar-refractivity contribution >= 4 is 11.8 Å². The molecule has 2 rings (SSSR count). The SMILES string of the molecule is COC(=O)C1CN(c2ccc(OC)cn2)C1. The fraction of sp³-hybridized carbons (Fsp3) is 0.455. The van der Waals surface area contributed by atoms with Gasteiger partial charge in [-0.25, -0.2) is 4.98 Å². The monoisotopic (exact) mass is 222 g/mol. The Balaban J connectivity index is 1.93. The standard InChI is InChI=1S/C11H14N2O3/c1-15-9-3-4-10(12-5-9)13-6-8(7-13)11(14)16-2/h3-5,8H,6-7H2,1-2H3. The van der Waals surface area contributed by atoms with Crippen LogP contribution >= 0.6 is 0 Å². The summed E-state index contributed by atoms with van der Waals surface area (Å²) in [5.41, 5.74) is 0. The molecule has 1 fully saturated rings. The molecule has 0 unspecified atom stereocenters. The number of carbonyl (C=O) groups excluding carboxylic acids is 1. The zero-order valence-electron chi connectivity index (χ0n) is 9.34. The van der Waals surface area contributed by atoms with Crippen LogP contribution in [0.5, 0.6) is 5.75 Å². The van der Waals surface area contributed by atoms with Crippen molar-refractivity contribution in [3.05, 3.63) is 18.3 Å². The summed E-state index contributed by atoms with van der Waals surface area (Å²) in [6.07, 6.45) is 1.67. The average molecular weight is 222 g/mol. The summed E-state index contributed by atoms with van der Waals surface area (Å²) in [7, 11) is 3.02. The predicted molar refractivity (Wildman–Crippen MR) is 58.5 cm³/mol. The number of nitrogens with zero attached hydrogens (tertiary/aromatic N) is 2. The van der Waals surface area contributed by atoms with Gasteiger partial charge in [0.1, 0.15) is 11.6 Å². The number of esters is 1. The second kappa shape index (κ2) is 4.38. The van der Waals surface area contributed by atoms with Crippen LogP contribution in [-0.4, -0.2) is 38.3 Å². The van der Waals surface area contributed by atoms with Crippen LogP contribution in [0.25, 0.3) is 0 Å². The van der Waals surface area contributed by atoms with Crippen LogP contribution in [0.1, 0.15) is 0 Å². The predicted octanol–water partition coefficient (Wildman–Crippen LogP) is 0.699. The third kappa shape index (κ3) is 1.93. The van der Waals surface area contributed by atoms with Crippen molar-refractivity contribution in [2.45, 2.75) is 0 Å². The molecule has 0 saturated carbocycles. The minimum Gasteiger partial charge on any atom is -0.495 e. The lowest BCUT2D eigenvalue weighted by molar-refractivity contribution is -0.146. The van der Waals surface area contributed by atoms with E-state index in [0.717, 1.165) is 11.6 Å². The van der Waals surface area contributed by atoms with Gasteiger partial charge in [-0.15, -0.1) is 0 Å². The van der Waals surface area contributed by atoms with E-state index >= 15 is 0 Å². The Morgan fingerprint density at radius 3 is 2.69 bits per heavy atom. The maximum atomic E-state index is 11.2. The summed E-state index contributed by atoms with van der Waals surface area (Å²) in [6, 6.07) is 3.74. The van der Waals surface area contributed by atoms with Gasteiger partial charge in [-0.05, 0) is 12.1 Å². The molecule has 0 spiro atoms. The Morgan fingerprint density at radius 2 is 2.19 bits per heavy atom. The molecule has 5 nitrogen and oxygen atoms in total. The molecule has 1 aromatic rings. The second-order valence-electron chi connectivity index (χ2n) is 3.68. The smallest absolute Gasteiger partial charge is 0.312 e. The lowest BCUT2D eigenvalue weighted by Crippen LogP contribution is -2.51. The molecule has 5 heteroatoms. The molecule has 1 aliphatic rings. The van der Waals surface area contributed by atoms with E-state index in [0.29, 0.717) is 13.1 Å². The van der Waals surface area contributed by atoms with E-state index in [1.54, 1.807) is 13.3 Å². The molecule has 1 aliphatic heterocycles. The summed E-state index contributed by atoms with van der Waals surface area (Å²) in [6.45, 7) is 1.35. The molecule has 0 amide bonds. The summed E-state index contributed by atoms with van der Waals surface area (Å²) < 4.78 is 9.69. The molecule has 2 heterocycles. The fourth-order valence-electron chi connectivity index (χ4n) is 1.66. The number of carbonyl (C=O) groups is 1. The van der Waals surface area contributed by atoms with Gasteiger partial charge in [-0.2, -0.15) is 0 Å². The van der Waals surface area contributed by atoms with Crippen LogP contribution < -0.4 is 9.64 Å². The maximum Gasteiger partial charge on any atom is 0.312 e. The van der Waals surface area contributed by atoms with Crippen LogP contribution in [0.2, 0.25) is 0 Å². The minimum atomic E-state index is -0.148. The van der Waals surface area contributed by atoms with E-state index in [4.69, 9.17) is 4.74 Å². The van der Waals surface area contributed by atoms with Gasteiger partial charge in [0.25, 0.3) is 0 Å². The van der Waals surface area contributed by atoms with Gasteiger partial charge in [-0.1, -0.05) is 0 Å². The lowest BCUT2D eigenvalue weighted by Gasteiger charge is -2.38. The number of rotatable bonds is 3. The number of ether oxygens (including phenoxy) is 2. The van der Waals surface area contributed by atoms with Crippen molar-refractivity contribution in [2.75, 3.05) is 32.2 Å². The quantitative estimate of drug-likeness (QED) is 0.705. The molecule has 0 aromatic carbocycles. The molecule has 1 aromatic heterocycles. The van der Waals surface area contributed by atoms with Crippen molar-refractivity contribution in [2.24, 2.45) is 5.92 Å². The number of methoxy groups -OCH3 is 2. The van der Waals surface area contributed by atoms with Crippen LogP contribution in [0.3, 0.4) is 0 Å². The molecular formula is C11H14N2O3. The Kier molecular flexibility index (Phi) is 2.94. The molecule has 0 aliphatic carbocycles. The van der Waals surface area contributed by atoms with E-state index in [2.05, 4.69) is 9.72 Å². The Morgan fingerprint density at radius 1 is 1.44 bits per heavy atom. The molecule has 86 valence electrons. The van der Waals surface area contributed by atoms with E-state index < -0.39 is 0 Å². The van der Waals surface area contributed by atoms with E-state index in [1.165, 1.54) is 7.11 Å². The van der Waals surface area contributed by atoms with Gasteiger partial charge < -0.3 is 14.4 Å². The molecule has 0 radical (unpaired) electrons. The van der Waals surface area contributed by atoms with Gasteiger partial charge in [0.15, 0.2) is 0 Å².